The summed E-state index contributed by atoms with van der Waals surface area (Å²) in [7, 11) is 3.20. The first-order valence-electron chi connectivity index (χ1n) is 46.8. The second-order valence-corrected chi connectivity index (χ2v) is 35.4. The SMILES string of the molecule is CO[C@H]1C[C@@H]2CC[C@@H](C)[C@@](O)(O2)C(=O)C(=O)N2CCCC[C@H]2C(=O)O[C@H]([C@H](N)C[C@@H]2CC[C@@H](OCCCCc3cn(CCOCCOCCOCCOCCOCCOCCOCCOCCC(=O)N4CCc5cc(Cn6nc(-c7ccc8oc(N)nc8c7)c7c(N)ncnc76)ccc5C4)nn3)[C@H](OC)C2)CC(=O)[C@H](C)/C=C(\C)[C@@H](O)[C@@H](O)C(=O)[C@H](C)C[C@H](C)/C=C/C=C/C=C/1C. The lowest BCUT2D eigenvalue weighted by Crippen LogP contribution is -2.61. The first kappa shape index (κ1) is 103. The van der Waals surface area contributed by atoms with E-state index in [0.717, 1.165) is 52.1 Å². The summed E-state index contributed by atoms with van der Waals surface area (Å²) in [5.41, 5.74) is 27.7. The molecule has 726 valence electrons. The minimum Gasteiger partial charge on any atom is -0.459 e. The number of oxazole rings is 1. The first-order valence-corrected chi connectivity index (χ1v) is 46.8. The van der Waals surface area contributed by atoms with Gasteiger partial charge in [-0.05, 0) is 162 Å². The summed E-state index contributed by atoms with van der Waals surface area (Å²) in [6.45, 7) is 19.6. The fraction of sp³-hybridized carbons (Fsp3) is 0.646. The number of Topliss-reactive ketones (excluding diaryl/α,β-unsaturated/α-hetero) is 3. The van der Waals surface area contributed by atoms with E-state index in [9.17, 15) is 44.1 Å². The number of methoxy groups -OCH3 is 2. The van der Waals surface area contributed by atoms with E-state index in [1.807, 2.05) is 72.1 Å². The normalized spacial score (nSPS) is 26.5. The van der Waals surface area contributed by atoms with Gasteiger partial charge in [0.15, 0.2) is 17.0 Å². The molecule has 1 saturated carbocycles. The summed E-state index contributed by atoms with van der Waals surface area (Å²) in [5, 5.41) is 48.9. The van der Waals surface area contributed by atoms with Gasteiger partial charge in [-0.3, -0.25) is 24.0 Å². The maximum atomic E-state index is 14.7. The number of hydrogen-bond donors (Lipinski definition) is 6. The number of piperidine rings is 1. The molecule has 36 heteroatoms. The smallest absolute Gasteiger partial charge is 0.329 e. The third-order valence-corrected chi connectivity index (χ3v) is 25.4. The van der Waals surface area contributed by atoms with E-state index in [1.54, 1.807) is 45.7 Å². The molecule has 0 radical (unpaired) electrons. The Labute approximate surface area is 772 Å². The Kier molecular flexibility index (Phi) is 41.3. The Hall–Kier alpha value is -9.06. The van der Waals surface area contributed by atoms with Crippen molar-refractivity contribution in [3.8, 4) is 11.3 Å². The second-order valence-electron chi connectivity index (χ2n) is 35.4. The molecule has 0 unspecified atom stereocenters. The number of aliphatic hydroxyl groups is 3. The molecule has 132 heavy (non-hydrogen) atoms. The lowest BCUT2D eigenvalue weighted by Gasteiger charge is -2.42. The Morgan fingerprint density at radius 2 is 1.40 bits per heavy atom. The lowest BCUT2D eigenvalue weighted by molar-refractivity contribution is -0.265. The number of esters is 1. The van der Waals surface area contributed by atoms with Crippen molar-refractivity contribution < 1.29 is 110 Å². The van der Waals surface area contributed by atoms with Crippen LogP contribution >= 0.6 is 0 Å². The minimum atomic E-state index is -2.49. The number of fused-ring (bicyclic) bond motifs is 6. The maximum Gasteiger partial charge on any atom is 0.329 e. The molecule has 8 heterocycles. The van der Waals surface area contributed by atoms with Gasteiger partial charge in [0.25, 0.3) is 17.7 Å². The van der Waals surface area contributed by atoms with Gasteiger partial charge >= 0.3 is 5.97 Å². The van der Waals surface area contributed by atoms with Crippen LogP contribution in [0.3, 0.4) is 0 Å². The second kappa shape index (κ2) is 52.7. The number of nitrogen functional groups attached to an aromatic ring is 2. The van der Waals surface area contributed by atoms with Gasteiger partial charge in [-0.15, -0.1) is 5.10 Å². The number of anilines is 2. The molecule has 4 aliphatic heterocycles. The first-order chi connectivity index (χ1) is 63.8. The number of allylic oxidation sites excluding steroid dienone is 6. The zero-order chi connectivity index (χ0) is 94.1. The van der Waals surface area contributed by atoms with Gasteiger partial charge < -0.3 is 108 Å². The lowest BCUT2D eigenvalue weighted by atomic mass is 9.80. The quantitative estimate of drug-likeness (QED) is 0.00912. The zero-order valence-electron chi connectivity index (χ0n) is 78.0. The van der Waals surface area contributed by atoms with E-state index in [4.69, 9.17) is 88.3 Å². The number of aromatic nitrogens is 8. The highest BCUT2D eigenvalue weighted by Gasteiger charge is 2.53. The number of cyclic esters (lactones) is 1. The van der Waals surface area contributed by atoms with Crippen LogP contribution in [0.4, 0.5) is 11.8 Å². The standard InChI is InChI=1S/C96H139N13O23/c1-62-16-10-9-11-17-63(2)81(119-7)56-74-25-20-67(6)96(118,132-74)90(115)93(116)108-30-14-12-19-77(108)94(117)130-82(57-78(110)64(3)51-66(5)88(113)89(114)87(112)65(4)50-62)75(97)53-68-22-26-80(83(54-68)120-8)129-33-15-13-18-73-60-107(105-103-73)32-35-122-37-39-124-41-43-126-45-47-128-49-48-127-46-44-125-42-40-123-38-36-121-34-29-84(111)106-31-28-70-52-69(21-23-72(70)59-106)58-109-92-85(91(98)100-61-101-92)86(104-109)71-24-27-79-76(55-71)102-95(99)131-79/h9-11,16-17,21,23-24,27,51-52,55,60-62,64-65,67-68,74-75,77,80-83,88-89,113-114,118H,12-15,18-20,22,25-26,28-50,53-54,56-59,97H2,1-8H3,(H2,99,102)(H2,98,100,101)/b11-9+,16-10+,63-17+,66-51+/t62-,64-,65-,67-,68+,74+,75-,77+,80-,81+,82+,83-,88-,89+,96-/m1/s1. The molecule has 9 N–H and O–H groups in total. The van der Waals surface area contributed by atoms with Crippen molar-refractivity contribution in [2.24, 2.45) is 35.3 Å². The van der Waals surface area contributed by atoms with Crippen molar-refractivity contribution in [3.63, 3.8) is 0 Å². The topological polar surface area (TPSA) is 468 Å². The van der Waals surface area contributed by atoms with Gasteiger partial charge in [-0.1, -0.05) is 87.6 Å². The minimum absolute atomic E-state index is 0.0255. The van der Waals surface area contributed by atoms with E-state index in [-0.39, 0.29) is 73.8 Å². The van der Waals surface area contributed by atoms with E-state index in [0.29, 0.717) is 236 Å². The third-order valence-electron chi connectivity index (χ3n) is 25.4. The fourth-order valence-electron chi connectivity index (χ4n) is 17.7. The van der Waals surface area contributed by atoms with Gasteiger partial charge in [0, 0.05) is 88.9 Å². The molecule has 11 rings (SSSR count). The molecular formula is C96H139N13O23. The highest BCUT2D eigenvalue weighted by atomic mass is 16.6. The van der Waals surface area contributed by atoms with Crippen molar-refractivity contribution >= 4 is 69.1 Å². The molecule has 2 bridgehead atoms. The molecule has 4 aromatic heterocycles. The average Bonchev–Trinajstić information content (AvgIpc) is 1.70. The maximum absolute atomic E-state index is 14.7. The number of unbranched alkanes of at least 4 members (excludes halogenated alkanes) is 1. The van der Waals surface area contributed by atoms with Crippen LogP contribution in [0.25, 0.3) is 33.4 Å². The summed E-state index contributed by atoms with van der Waals surface area (Å²) in [6.07, 6.45) is 16.0. The van der Waals surface area contributed by atoms with Gasteiger partial charge in [0.1, 0.15) is 53.5 Å². The zero-order valence-corrected chi connectivity index (χ0v) is 78.0. The number of benzene rings is 2. The summed E-state index contributed by atoms with van der Waals surface area (Å²) in [6, 6.07) is 9.81. The number of ether oxygens (including phenoxy) is 13. The van der Waals surface area contributed by atoms with Crippen LogP contribution in [0, 0.1) is 29.6 Å². The van der Waals surface area contributed by atoms with Crippen molar-refractivity contribution in [2.75, 3.05) is 151 Å². The molecule has 2 aromatic carbocycles. The molecule has 0 spiro atoms. The highest BCUT2D eigenvalue weighted by Crippen LogP contribution is 2.39. The van der Waals surface area contributed by atoms with Crippen LogP contribution in [-0.2, 0) is 123 Å². The van der Waals surface area contributed by atoms with Crippen LogP contribution in [-0.4, -0.2) is 300 Å². The molecule has 2 saturated heterocycles. The molecule has 6 aromatic rings. The highest BCUT2D eigenvalue weighted by molar-refractivity contribution is 6.39. The fourth-order valence-corrected chi connectivity index (χ4v) is 17.7. The Bertz CT molecular complexity index is 4800. The number of nitrogens with zero attached hydrogens (tertiary/aromatic N) is 10. The van der Waals surface area contributed by atoms with E-state index < -0.39 is 95.4 Å². The average molecular weight is 1840 g/mol. The predicted octanol–water partition coefficient (Wildman–Crippen LogP) is 8.12. The molecule has 15 atom stereocenters. The van der Waals surface area contributed by atoms with Crippen LogP contribution in [0.15, 0.2) is 101 Å². The molecule has 36 nitrogen and oxygen atoms in total. The van der Waals surface area contributed by atoms with Gasteiger partial charge in [0.2, 0.25) is 11.7 Å². The number of aliphatic hydroxyl groups excluding tert-OH is 2. The number of aryl methyl sites for hydroxylation is 1. The molecule has 1 aliphatic carbocycles. The van der Waals surface area contributed by atoms with Crippen molar-refractivity contribution in [3.05, 3.63) is 119 Å². The number of hydrogen-bond acceptors (Lipinski definition) is 32. The largest absolute Gasteiger partial charge is 0.459 e. The summed E-state index contributed by atoms with van der Waals surface area (Å²) >= 11 is 0. The van der Waals surface area contributed by atoms with E-state index in [1.165, 1.54) is 24.9 Å². The predicted molar refractivity (Wildman–Crippen MR) is 489 cm³/mol. The summed E-state index contributed by atoms with van der Waals surface area (Å²) in [5.74, 6) is -8.53. The van der Waals surface area contributed by atoms with Gasteiger partial charge in [0.05, 0.1) is 161 Å². The molecule has 5 aliphatic rings. The Morgan fingerprint density at radius 1 is 0.705 bits per heavy atom. The molecule has 3 fully saturated rings. The molecular weight excluding hydrogens is 1700 g/mol. The van der Waals surface area contributed by atoms with Gasteiger partial charge in [-0.25, -0.2) is 24.1 Å². The Morgan fingerprint density at radius 3 is 2.10 bits per heavy atom. The number of nitrogens with two attached hydrogens (primary N) is 3. The van der Waals surface area contributed by atoms with E-state index in [2.05, 4.69) is 43.5 Å². The Balaban J connectivity index is 0.499. The monoisotopic (exact) mass is 1840 g/mol. The van der Waals surface area contributed by atoms with Crippen molar-refractivity contribution in [1.82, 2.24) is 49.5 Å². The van der Waals surface area contributed by atoms with Crippen LogP contribution in [0.1, 0.15) is 160 Å². The summed E-state index contributed by atoms with van der Waals surface area (Å²) in [4.78, 5) is 101. The van der Waals surface area contributed by atoms with Crippen LogP contribution in [0.2, 0.25) is 0 Å². The number of rotatable bonds is 41. The number of carbonyl (C=O) groups is 6. The van der Waals surface area contributed by atoms with Crippen LogP contribution < -0.4 is 17.2 Å². The number of carbonyl (C=O) groups excluding carboxylic acids is 6. The number of ketones is 3. The van der Waals surface area contributed by atoms with Crippen molar-refractivity contribution in [1.29, 1.82) is 0 Å². The molecule has 2 amide bonds. The van der Waals surface area contributed by atoms with Crippen LogP contribution in [0.5, 0.6) is 0 Å². The summed E-state index contributed by atoms with van der Waals surface area (Å²) < 4.78 is 85.2. The van der Waals surface area contributed by atoms with Gasteiger partial charge in [-0.2, -0.15) is 10.1 Å². The number of amides is 2. The van der Waals surface area contributed by atoms with E-state index >= 15 is 0 Å². The van der Waals surface area contributed by atoms with Crippen molar-refractivity contribution in [2.45, 2.75) is 231 Å². The third kappa shape index (κ3) is 30.2.